The van der Waals surface area contributed by atoms with Gasteiger partial charge in [0.15, 0.2) is 5.78 Å². The summed E-state index contributed by atoms with van der Waals surface area (Å²) in [6, 6.07) is 17.0. The maximum absolute atomic E-state index is 13.6. The number of halogens is 1. The van der Waals surface area contributed by atoms with Crippen LogP contribution in [0.25, 0.3) is 0 Å². The Kier molecular flexibility index (Phi) is 8.05. The molecule has 0 fully saturated rings. The second kappa shape index (κ2) is 11.7. The number of nitro benzene ring substituents is 1. The average Bonchev–Trinajstić information content (AvgIpc) is 2.97. The first-order valence-electron chi connectivity index (χ1n) is 13.4. The summed E-state index contributed by atoms with van der Waals surface area (Å²) in [6.45, 7) is 3.93. The van der Waals surface area contributed by atoms with E-state index in [4.69, 9.17) is 10.5 Å². The molecule has 1 aliphatic heterocycles. The highest BCUT2D eigenvalue weighted by molar-refractivity contribution is 7.98. The number of benzene rings is 3. The highest BCUT2D eigenvalue weighted by Crippen LogP contribution is 2.49. The molecule has 1 heterocycles. The summed E-state index contributed by atoms with van der Waals surface area (Å²) >= 11 is 1.57. The van der Waals surface area contributed by atoms with E-state index >= 15 is 0 Å². The number of hydrogen-bond acceptors (Lipinski definition) is 8. The number of nitrogens with two attached hydrogens (primary N) is 1. The summed E-state index contributed by atoms with van der Waals surface area (Å²) in [7, 11) is 1.42. The Balaban J connectivity index is 1.66. The zero-order valence-corrected chi connectivity index (χ0v) is 24.3. The molecule has 42 heavy (non-hydrogen) atoms. The lowest BCUT2D eigenvalue weighted by Crippen LogP contribution is -2.39. The molecule has 10 heteroatoms. The number of carbonyl (C=O) groups is 1. The van der Waals surface area contributed by atoms with Gasteiger partial charge in [-0.15, -0.1) is 11.8 Å². The highest BCUT2D eigenvalue weighted by atomic mass is 32.2. The van der Waals surface area contributed by atoms with E-state index in [1.165, 1.54) is 36.3 Å². The van der Waals surface area contributed by atoms with E-state index in [0.29, 0.717) is 42.0 Å². The molecular formula is C32H29FN4O4S. The zero-order valence-electron chi connectivity index (χ0n) is 23.4. The van der Waals surface area contributed by atoms with Gasteiger partial charge in [-0.2, -0.15) is 5.26 Å². The number of nitriles is 1. The van der Waals surface area contributed by atoms with Crippen molar-refractivity contribution in [3.05, 3.63) is 115 Å². The van der Waals surface area contributed by atoms with Crippen LogP contribution in [-0.2, 0) is 10.5 Å². The molecule has 0 spiro atoms. The molecule has 1 atom stereocenters. The van der Waals surface area contributed by atoms with Crippen LogP contribution >= 0.6 is 11.8 Å². The van der Waals surface area contributed by atoms with Gasteiger partial charge in [0.2, 0.25) is 0 Å². The van der Waals surface area contributed by atoms with Gasteiger partial charge < -0.3 is 10.5 Å². The van der Waals surface area contributed by atoms with Crippen molar-refractivity contribution >= 4 is 28.9 Å². The van der Waals surface area contributed by atoms with Gasteiger partial charge >= 0.3 is 0 Å². The lowest BCUT2D eigenvalue weighted by molar-refractivity contribution is -0.384. The average molecular weight is 585 g/mol. The molecule has 1 aliphatic carbocycles. The Hall–Kier alpha value is -4.62. The SMILES string of the molecule is COc1ccc(N2C(N)=C(C#N)C(c3cc(C)cc(CSc4ccc(F)cc4)c3C)C3=C2CCCC3=O)c([N+](=O)[O-])c1. The maximum Gasteiger partial charge on any atom is 0.296 e. The number of aryl methyl sites for hydroxylation is 1. The molecule has 0 amide bonds. The number of hydrogen-bond donors (Lipinski definition) is 1. The monoisotopic (exact) mass is 584 g/mol. The van der Waals surface area contributed by atoms with Crippen LogP contribution in [0.4, 0.5) is 15.8 Å². The lowest BCUT2D eigenvalue weighted by Gasteiger charge is -2.40. The van der Waals surface area contributed by atoms with Crippen LogP contribution in [0.3, 0.4) is 0 Å². The van der Waals surface area contributed by atoms with Crippen molar-refractivity contribution in [3.8, 4) is 11.8 Å². The third-order valence-electron chi connectivity index (χ3n) is 7.75. The minimum atomic E-state index is -0.708. The second-order valence-corrected chi connectivity index (χ2v) is 11.4. The van der Waals surface area contributed by atoms with Crippen LogP contribution < -0.4 is 15.4 Å². The number of nitrogens with zero attached hydrogens (tertiary/aromatic N) is 3. The van der Waals surface area contributed by atoms with Gasteiger partial charge in [0.25, 0.3) is 5.69 Å². The minimum Gasteiger partial charge on any atom is -0.496 e. The van der Waals surface area contributed by atoms with Gasteiger partial charge in [-0.3, -0.25) is 19.8 Å². The molecule has 3 aromatic rings. The topological polar surface area (TPSA) is 122 Å². The number of nitro groups is 1. The second-order valence-electron chi connectivity index (χ2n) is 10.3. The summed E-state index contributed by atoms with van der Waals surface area (Å²) in [4.78, 5) is 27.7. The van der Waals surface area contributed by atoms with Gasteiger partial charge in [-0.05, 0) is 79.8 Å². The zero-order chi connectivity index (χ0) is 30.1. The van der Waals surface area contributed by atoms with E-state index in [-0.39, 0.29) is 34.4 Å². The fourth-order valence-corrected chi connectivity index (χ4v) is 6.69. The Morgan fingerprint density at radius 1 is 1.17 bits per heavy atom. The predicted molar refractivity (Wildman–Crippen MR) is 159 cm³/mol. The van der Waals surface area contributed by atoms with Crippen molar-refractivity contribution in [1.29, 1.82) is 5.26 Å². The fraction of sp³-hybridized carbons (Fsp3) is 0.250. The first kappa shape index (κ1) is 28.9. The van der Waals surface area contributed by atoms with Crippen molar-refractivity contribution in [2.24, 2.45) is 5.73 Å². The molecule has 2 aliphatic rings. The van der Waals surface area contributed by atoms with Crippen LogP contribution in [0.1, 0.15) is 47.4 Å². The minimum absolute atomic E-state index is 0.0624. The summed E-state index contributed by atoms with van der Waals surface area (Å²) in [5.74, 6) is -0.142. The van der Waals surface area contributed by atoms with Crippen LogP contribution in [-0.4, -0.2) is 17.8 Å². The molecular weight excluding hydrogens is 555 g/mol. The van der Waals surface area contributed by atoms with Gasteiger partial charge in [0, 0.05) is 28.3 Å². The first-order chi connectivity index (χ1) is 20.1. The molecule has 1 unspecified atom stereocenters. The summed E-state index contributed by atoms with van der Waals surface area (Å²) in [5.41, 5.74) is 11.5. The van der Waals surface area contributed by atoms with Crippen molar-refractivity contribution < 1.29 is 18.8 Å². The molecule has 0 saturated carbocycles. The number of rotatable bonds is 7. The molecule has 0 aromatic heterocycles. The molecule has 0 bridgehead atoms. The van der Waals surface area contributed by atoms with E-state index < -0.39 is 10.8 Å². The van der Waals surface area contributed by atoms with Crippen LogP contribution in [0.5, 0.6) is 5.75 Å². The number of anilines is 1. The number of ketones is 1. The van der Waals surface area contributed by atoms with Crippen LogP contribution in [0.2, 0.25) is 0 Å². The van der Waals surface area contributed by atoms with E-state index in [1.807, 2.05) is 19.9 Å². The van der Waals surface area contributed by atoms with Gasteiger partial charge in [0.1, 0.15) is 23.1 Å². The van der Waals surface area contributed by atoms with E-state index in [0.717, 1.165) is 27.1 Å². The Morgan fingerprint density at radius 2 is 1.90 bits per heavy atom. The summed E-state index contributed by atoms with van der Waals surface area (Å²) in [6.07, 6.45) is 1.34. The normalized spacial score (nSPS) is 16.8. The Morgan fingerprint density at radius 3 is 2.57 bits per heavy atom. The van der Waals surface area contributed by atoms with Gasteiger partial charge in [0.05, 0.1) is 35.7 Å². The van der Waals surface area contributed by atoms with Gasteiger partial charge in [-0.1, -0.05) is 17.7 Å². The maximum atomic E-state index is 13.6. The van der Waals surface area contributed by atoms with Crippen molar-refractivity contribution in [3.63, 3.8) is 0 Å². The Bertz CT molecular complexity index is 1710. The quantitative estimate of drug-likeness (QED) is 0.180. The van der Waals surface area contributed by atoms with Gasteiger partial charge in [-0.25, -0.2) is 4.39 Å². The lowest BCUT2D eigenvalue weighted by atomic mass is 9.73. The van der Waals surface area contributed by atoms with Crippen LogP contribution in [0, 0.1) is 41.1 Å². The highest BCUT2D eigenvalue weighted by Gasteiger charge is 2.42. The molecule has 214 valence electrons. The standard InChI is InChI=1S/C32H29FN4O4S/c1-18-13-20(17-42-23-10-7-21(33)8-11-23)19(2)24(14-18)30-25(16-34)32(35)36(27-5-4-6-29(38)31(27)30)26-12-9-22(41-3)15-28(26)37(39)40/h7-15,30H,4-6,17,35H2,1-3H3. The van der Waals surface area contributed by atoms with Crippen molar-refractivity contribution in [2.75, 3.05) is 12.0 Å². The Labute approximate surface area is 247 Å². The molecule has 8 nitrogen and oxygen atoms in total. The van der Waals surface area contributed by atoms with Crippen LogP contribution in [0.15, 0.2) is 82.2 Å². The number of carbonyl (C=O) groups excluding carboxylic acids is 1. The number of allylic oxidation sites excluding steroid dienone is 3. The third kappa shape index (κ3) is 5.23. The number of Topliss-reactive ketones (excluding diaryl/α,β-unsaturated/α-hetero) is 1. The number of thioether (sulfide) groups is 1. The molecule has 0 saturated heterocycles. The number of methoxy groups -OCH3 is 1. The molecule has 5 rings (SSSR count). The predicted octanol–water partition coefficient (Wildman–Crippen LogP) is 6.96. The van der Waals surface area contributed by atoms with E-state index in [9.17, 15) is 24.6 Å². The third-order valence-corrected chi connectivity index (χ3v) is 8.81. The van der Waals surface area contributed by atoms with Crippen molar-refractivity contribution in [2.45, 2.75) is 49.7 Å². The molecule has 0 radical (unpaired) electrons. The first-order valence-corrected chi connectivity index (χ1v) is 14.4. The fourth-order valence-electron chi connectivity index (χ4n) is 5.74. The largest absolute Gasteiger partial charge is 0.496 e. The summed E-state index contributed by atoms with van der Waals surface area (Å²) < 4.78 is 18.6. The summed E-state index contributed by atoms with van der Waals surface area (Å²) in [5, 5.41) is 22.6. The van der Waals surface area contributed by atoms with Crippen molar-refractivity contribution in [1.82, 2.24) is 0 Å². The molecule has 2 N–H and O–H groups in total. The smallest absolute Gasteiger partial charge is 0.296 e. The van der Waals surface area contributed by atoms with E-state index in [1.54, 1.807) is 30.0 Å². The molecule has 3 aromatic carbocycles. The van der Waals surface area contributed by atoms with E-state index in [2.05, 4.69) is 12.1 Å². The number of ether oxygens (including phenoxy) is 1.